The number of halogens is 1. The topological polar surface area (TPSA) is 118 Å². The van der Waals surface area contributed by atoms with Gasteiger partial charge in [-0.05, 0) is 30.5 Å². The molecule has 1 aliphatic heterocycles. The zero-order valence-electron chi connectivity index (χ0n) is 14.2. The van der Waals surface area contributed by atoms with Crippen molar-refractivity contribution in [3.63, 3.8) is 0 Å². The lowest BCUT2D eigenvalue weighted by molar-refractivity contribution is 0.391. The first-order chi connectivity index (χ1) is 13.0. The Labute approximate surface area is 161 Å². The Morgan fingerprint density at radius 2 is 2.00 bits per heavy atom. The fourth-order valence-corrected chi connectivity index (χ4v) is 5.03. The summed E-state index contributed by atoms with van der Waals surface area (Å²) in [6, 6.07) is 6.81. The van der Waals surface area contributed by atoms with Gasteiger partial charge in [0.25, 0.3) is 0 Å². The molecular weight excluding hydrogens is 388 g/mol. The fraction of sp³-hybridized carbons (Fsp3) is 0.235. The first kappa shape index (κ1) is 17.9. The second kappa shape index (κ2) is 6.91. The largest absolute Gasteiger partial charge is 0.368 e. The van der Waals surface area contributed by atoms with Gasteiger partial charge in [0.2, 0.25) is 16.0 Å². The number of sulfonamides is 1. The lowest BCUT2D eigenvalue weighted by Gasteiger charge is -2.24. The molecule has 1 aliphatic rings. The van der Waals surface area contributed by atoms with Crippen molar-refractivity contribution < 1.29 is 8.42 Å². The Kier molecular flexibility index (Phi) is 4.58. The van der Waals surface area contributed by atoms with Gasteiger partial charge in [0, 0.05) is 29.5 Å². The van der Waals surface area contributed by atoms with Gasteiger partial charge in [0.05, 0.1) is 17.9 Å². The molecule has 0 saturated carbocycles. The van der Waals surface area contributed by atoms with E-state index in [0.29, 0.717) is 23.7 Å². The van der Waals surface area contributed by atoms with E-state index in [1.54, 1.807) is 18.3 Å². The van der Waals surface area contributed by atoms with Crippen molar-refractivity contribution in [3.8, 4) is 11.1 Å². The Balaban J connectivity index is 1.80. The molecule has 3 N–H and O–H groups in total. The Bertz CT molecular complexity index is 1050. The molecule has 2 aromatic heterocycles. The molecule has 1 fully saturated rings. The summed E-state index contributed by atoms with van der Waals surface area (Å²) in [6.45, 7) is 0.405. The van der Waals surface area contributed by atoms with Crippen LogP contribution in [0.4, 0.5) is 5.95 Å². The van der Waals surface area contributed by atoms with E-state index in [2.05, 4.69) is 20.2 Å². The van der Waals surface area contributed by atoms with Gasteiger partial charge in [-0.25, -0.2) is 18.4 Å². The van der Waals surface area contributed by atoms with Crippen molar-refractivity contribution in [2.24, 2.45) is 0 Å². The van der Waals surface area contributed by atoms with Crippen LogP contribution >= 0.6 is 11.6 Å². The van der Waals surface area contributed by atoms with Crippen LogP contribution in [-0.4, -0.2) is 39.4 Å². The van der Waals surface area contributed by atoms with Gasteiger partial charge in [0.1, 0.15) is 4.90 Å². The molecule has 8 nitrogen and oxygen atoms in total. The lowest BCUT2D eigenvalue weighted by Crippen LogP contribution is -2.31. The van der Waals surface area contributed by atoms with E-state index in [0.717, 1.165) is 17.5 Å². The molecule has 0 radical (unpaired) electrons. The number of nitrogen functional groups attached to an aromatic ring is 1. The number of anilines is 1. The van der Waals surface area contributed by atoms with Gasteiger partial charge in [-0.15, -0.1) is 0 Å². The zero-order valence-corrected chi connectivity index (χ0v) is 15.8. The summed E-state index contributed by atoms with van der Waals surface area (Å²) in [5.41, 5.74) is 8.00. The molecule has 10 heteroatoms. The molecule has 1 atom stereocenters. The second-order valence-corrected chi connectivity index (χ2v) is 8.57. The number of nitrogens with zero attached hydrogens (tertiary/aromatic N) is 4. The van der Waals surface area contributed by atoms with Crippen molar-refractivity contribution in [2.75, 3.05) is 12.3 Å². The minimum atomic E-state index is -3.69. The number of hydrogen-bond acceptors (Lipinski definition) is 6. The van der Waals surface area contributed by atoms with Crippen LogP contribution in [0.15, 0.2) is 47.8 Å². The van der Waals surface area contributed by atoms with Crippen LogP contribution in [0.2, 0.25) is 5.02 Å². The quantitative estimate of drug-likeness (QED) is 0.690. The van der Waals surface area contributed by atoms with Crippen molar-refractivity contribution in [1.82, 2.24) is 24.5 Å². The average molecular weight is 405 g/mol. The highest BCUT2D eigenvalue weighted by Crippen LogP contribution is 2.39. The van der Waals surface area contributed by atoms with Gasteiger partial charge < -0.3 is 5.73 Å². The van der Waals surface area contributed by atoms with Gasteiger partial charge in [-0.1, -0.05) is 23.7 Å². The smallest absolute Gasteiger partial charge is 0.246 e. The maximum Gasteiger partial charge on any atom is 0.246 e. The van der Waals surface area contributed by atoms with Crippen LogP contribution in [0.5, 0.6) is 0 Å². The molecule has 3 aromatic rings. The number of aromatic amines is 1. The summed E-state index contributed by atoms with van der Waals surface area (Å²) < 4.78 is 27.5. The SMILES string of the molecule is Nc1ncc(-c2ccc(Cl)cc2)c([C@@H]2CCCN2S(=O)(=O)c2cn[nH]c2)n1. The summed E-state index contributed by atoms with van der Waals surface area (Å²) >= 11 is 5.98. The molecule has 140 valence electrons. The number of nitrogens with one attached hydrogen (secondary N) is 1. The molecule has 0 spiro atoms. The highest BCUT2D eigenvalue weighted by Gasteiger charge is 2.38. The van der Waals surface area contributed by atoms with Crippen molar-refractivity contribution in [1.29, 1.82) is 0 Å². The standard InChI is InChI=1S/C17H17ClN6O2S/c18-12-5-3-11(4-6-12)14-10-20-17(19)23-16(14)15-2-1-7-24(15)27(25,26)13-8-21-22-9-13/h3-6,8-10,15H,1-2,7H2,(H,21,22)(H2,19,20,23)/t15-/m0/s1. The molecule has 1 aromatic carbocycles. The zero-order chi connectivity index (χ0) is 19.0. The summed E-state index contributed by atoms with van der Waals surface area (Å²) in [4.78, 5) is 8.63. The van der Waals surface area contributed by atoms with E-state index < -0.39 is 16.1 Å². The van der Waals surface area contributed by atoms with Crippen molar-refractivity contribution in [2.45, 2.75) is 23.8 Å². The Morgan fingerprint density at radius 1 is 1.22 bits per heavy atom. The number of benzene rings is 1. The van der Waals surface area contributed by atoms with Gasteiger partial charge >= 0.3 is 0 Å². The molecule has 4 rings (SSSR count). The first-order valence-electron chi connectivity index (χ1n) is 8.36. The number of H-pyrrole nitrogens is 1. The molecule has 0 unspecified atom stereocenters. The molecule has 1 saturated heterocycles. The van der Waals surface area contributed by atoms with E-state index in [4.69, 9.17) is 17.3 Å². The summed E-state index contributed by atoms with van der Waals surface area (Å²) in [5, 5.41) is 6.92. The van der Waals surface area contributed by atoms with Crippen LogP contribution in [-0.2, 0) is 10.0 Å². The van der Waals surface area contributed by atoms with E-state index in [9.17, 15) is 8.42 Å². The fourth-order valence-electron chi connectivity index (χ4n) is 3.33. The van der Waals surface area contributed by atoms with Crippen LogP contribution in [0.25, 0.3) is 11.1 Å². The van der Waals surface area contributed by atoms with Crippen LogP contribution in [0.1, 0.15) is 24.6 Å². The van der Waals surface area contributed by atoms with Crippen molar-refractivity contribution in [3.05, 3.63) is 53.6 Å². The van der Waals surface area contributed by atoms with E-state index >= 15 is 0 Å². The van der Waals surface area contributed by atoms with E-state index in [-0.39, 0.29) is 10.8 Å². The third-order valence-electron chi connectivity index (χ3n) is 4.59. The minimum Gasteiger partial charge on any atom is -0.368 e. The number of rotatable bonds is 4. The van der Waals surface area contributed by atoms with Crippen molar-refractivity contribution >= 4 is 27.6 Å². The molecule has 0 aliphatic carbocycles. The summed E-state index contributed by atoms with van der Waals surface area (Å²) in [5.74, 6) is 0.107. The van der Waals surface area contributed by atoms with E-state index in [1.807, 2.05) is 12.1 Å². The number of hydrogen-bond donors (Lipinski definition) is 2. The Hall–Kier alpha value is -2.49. The second-order valence-electron chi connectivity index (χ2n) is 6.24. The first-order valence-corrected chi connectivity index (χ1v) is 10.2. The third kappa shape index (κ3) is 3.29. The predicted octanol–water partition coefficient (Wildman–Crippen LogP) is 2.63. The highest BCUT2D eigenvalue weighted by atomic mass is 35.5. The van der Waals surface area contributed by atoms with Crippen LogP contribution in [0.3, 0.4) is 0 Å². The monoisotopic (exact) mass is 404 g/mol. The van der Waals surface area contributed by atoms with Gasteiger partial charge in [-0.3, -0.25) is 5.10 Å². The summed E-state index contributed by atoms with van der Waals surface area (Å²) in [6.07, 6.45) is 5.68. The maximum absolute atomic E-state index is 13.0. The molecular formula is C17H17ClN6O2S. The highest BCUT2D eigenvalue weighted by molar-refractivity contribution is 7.89. The Morgan fingerprint density at radius 3 is 2.70 bits per heavy atom. The van der Waals surface area contributed by atoms with Crippen LogP contribution in [0, 0.1) is 0 Å². The summed E-state index contributed by atoms with van der Waals surface area (Å²) in [7, 11) is -3.69. The third-order valence-corrected chi connectivity index (χ3v) is 6.72. The molecule has 27 heavy (non-hydrogen) atoms. The number of aromatic nitrogens is 4. The molecule has 3 heterocycles. The molecule has 0 bridgehead atoms. The van der Waals surface area contributed by atoms with Crippen LogP contribution < -0.4 is 5.73 Å². The lowest BCUT2D eigenvalue weighted by atomic mass is 10.0. The molecule has 0 amide bonds. The van der Waals surface area contributed by atoms with Gasteiger partial charge in [0.15, 0.2) is 0 Å². The van der Waals surface area contributed by atoms with Gasteiger partial charge in [-0.2, -0.15) is 9.40 Å². The normalized spacial score (nSPS) is 18.0. The minimum absolute atomic E-state index is 0.107. The maximum atomic E-state index is 13.0. The number of nitrogens with two attached hydrogens (primary N) is 1. The van der Waals surface area contributed by atoms with E-state index in [1.165, 1.54) is 16.7 Å². The predicted molar refractivity (Wildman–Crippen MR) is 101 cm³/mol. The average Bonchev–Trinajstić information content (AvgIpc) is 3.35.